The molecule has 0 radical (unpaired) electrons. The minimum atomic E-state index is -0.421. The van der Waals surface area contributed by atoms with Crippen LogP contribution in [0.2, 0.25) is 0 Å². The molecule has 22 heavy (non-hydrogen) atoms. The van der Waals surface area contributed by atoms with Crippen molar-refractivity contribution in [1.82, 2.24) is 0 Å². The number of benzene rings is 2. The summed E-state index contributed by atoms with van der Waals surface area (Å²) in [5.41, 5.74) is 1.79. The Morgan fingerprint density at radius 3 is 2.14 bits per heavy atom. The molecule has 2 aromatic rings. The van der Waals surface area contributed by atoms with Crippen molar-refractivity contribution in [2.24, 2.45) is 0 Å². The van der Waals surface area contributed by atoms with Crippen LogP contribution in [0.15, 0.2) is 48.5 Å². The molecule has 0 aliphatic carbocycles. The lowest BCUT2D eigenvalue weighted by molar-refractivity contribution is 0.0378. The van der Waals surface area contributed by atoms with Crippen LogP contribution in [0, 0.1) is 6.92 Å². The van der Waals surface area contributed by atoms with Crippen LogP contribution in [0.1, 0.15) is 40.1 Å². The molecular formula is C18H18O4. The van der Waals surface area contributed by atoms with E-state index < -0.39 is 11.9 Å². The molecule has 0 aromatic heterocycles. The van der Waals surface area contributed by atoms with Crippen molar-refractivity contribution in [3.05, 3.63) is 65.2 Å². The monoisotopic (exact) mass is 298 g/mol. The van der Waals surface area contributed by atoms with Crippen LogP contribution < -0.4 is 4.74 Å². The molecule has 0 aliphatic heterocycles. The summed E-state index contributed by atoms with van der Waals surface area (Å²) < 4.78 is 10.4. The number of carbonyl (C=O) groups is 2. The highest BCUT2D eigenvalue weighted by atomic mass is 16.5. The van der Waals surface area contributed by atoms with Crippen LogP contribution in [-0.4, -0.2) is 18.0 Å². The molecule has 0 N–H and O–H groups in total. The van der Waals surface area contributed by atoms with Crippen molar-refractivity contribution >= 4 is 11.9 Å². The van der Waals surface area contributed by atoms with Gasteiger partial charge < -0.3 is 9.47 Å². The van der Waals surface area contributed by atoms with Crippen molar-refractivity contribution in [2.45, 2.75) is 26.9 Å². The quantitative estimate of drug-likeness (QED) is 0.636. The van der Waals surface area contributed by atoms with E-state index >= 15 is 0 Å². The third kappa shape index (κ3) is 3.95. The Labute approximate surface area is 129 Å². The molecule has 2 rings (SSSR count). The van der Waals surface area contributed by atoms with E-state index in [9.17, 15) is 9.59 Å². The van der Waals surface area contributed by atoms with E-state index in [-0.39, 0.29) is 6.10 Å². The topological polar surface area (TPSA) is 52.6 Å². The number of esters is 2. The van der Waals surface area contributed by atoms with Gasteiger partial charge in [-0.3, -0.25) is 0 Å². The van der Waals surface area contributed by atoms with Crippen molar-refractivity contribution in [2.75, 3.05) is 0 Å². The Kier molecular flexibility index (Phi) is 4.94. The zero-order valence-electron chi connectivity index (χ0n) is 12.8. The Morgan fingerprint density at radius 2 is 1.55 bits per heavy atom. The second kappa shape index (κ2) is 6.89. The van der Waals surface area contributed by atoms with E-state index in [1.165, 1.54) is 0 Å². The summed E-state index contributed by atoms with van der Waals surface area (Å²) in [7, 11) is 0. The first-order chi connectivity index (χ1) is 10.5. The average molecular weight is 298 g/mol. The van der Waals surface area contributed by atoms with Gasteiger partial charge in [0.25, 0.3) is 0 Å². The lowest BCUT2D eigenvalue weighted by atomic mass is 10.1. The maximum absolute atomic E-state index is 12.1. The first-order valence-corrected chi connectivity index (χ1v) is 7.06. The summed E-state index contributed by atoms with van der Waals surface area (Å²) in [4.78, 5) is 23.8. The van der Waals surface area contributed by atoms with Gasteiger partial charge in [0.05, 0.1) is 17.2 Å². The predicted octanol–water partition coefficient (Wildman–Crippen LogP) is 3.78. The Bertz CT molecular complexity index is 672. The van der Waals surface area contributed by atoms with Gasteiger partial charge in [0.15, 0.2) is 0 Å². The van der Waals surface area contributed by atoms with Gasteiger partial charge in [-0.2, -0.15) is 0 Å². The molecular weight excluding hydrogens is 280 g/mol. The first kappa shape index (κ1) is 15.8. The molecule has 4 nitrogen and oxygen atoms in total. The van der Waals surface area contributed by atoms with Gasteiger partial charge in [0.2, 0.25) is 0 Å². The Morgan fingerprint density at radius 1 is 0.909 bits per heavy atom. The van der Waals surface area contributed by atoms with Gasteiger partial charge >= 0.3 is 11.9 Å². The van der Waals surface area contributed by atoms with Crippen LogP contribution >= 0.6 is 0 Å². The van der Waals surface area contributed by atoms with Crippen molar-refractivity contribution in [1.29, 1.82) is 0 Å². The van der Waals surface area contributed by atoms with Gasteiger partial charge in [0, 0.05) is 0 Å². The van der Waals surface area contributed by atoms with Gasteiger partial charge in [-0.05, 0) is 56.7 Å². The molecule has 0 amide bonds. The lowest BCUT2D eigenvalue weighted by Gasteiger charge is -2.09. The third-order valence-electron chi connectivity index (χ3n) is 3.01. The molecule has 4 heteroatoms. The minimum Gasteiger partial charge on any atom is -0.459 e. The Hall–Kier alpha value is -2.62. The fraction of sp³-hybridized carbons (Fsp3) is 0.222. The standard InChI is InChI=1S/C18H18O4/c1-12(2)21-17(19)14-8-10-15(11-9-14)22-18(20)16-7-5-4-6-13(16)3/h4-12H,1-3H3. The third-order valence-corrected chi connectivity index (χ3v) is 3.01. The van der Waals surface area contributed by atoms with Gasteiger partial charge in [-0.1, -0.05) is 18.2 Å². The highest BCUT2D eigenvalue weighted by Gasteiger charge is 2.12. The summed E-state index contributed by atoms with van der Waals surface area (Å²) in [6, 6.07) is 13.5. The molecule has 0 spiro atoms. The van der Waals surface area contributed by atoms with E-state index in [1.807, 2.05) is 19.1 Å². The van der Waals surface area contributed by atoms with Gasteiger partial charge in [0.1, 0.15) is 5.75 Å². The fourth-order valence-electron chi connectivity index (χ4n) is 1.91. The number of carbonyl (C=O) groups excluding carboxylic acids is 2. The molecule has 0 atom stereocenters. The van der Waals surface area contributed by atoms with Crippen LogP contribution in [0.5, 0.6) is 5.75 Å². The Balaban J connectivity index is 2.07. The summed E-state index contributed by atoms with van der Waals surface area (Å²) in [5.74, 6) is -0.434. The SMILES string of the molecule is Cc1ccccc1C(=O)Oc1ccc(C(=O)OC(C)C)cc1. The summed E-state index contributed by atoms with van der Waals surface area (Å²) in [5, 5.41) is 0. The average Bonchev–Trinajstić information content (AvgIpc) is 2.47. The predicted molar refractivity (Wildman–Crippen MR) is 83.1 cm³/mol. The van der Waals surface area contributed by atoms with Crippen molar-refractivity contribution in [3.8, 4) is 5.75 Å². The van der Waals surface area contributed by atoms with Crippen molar-refractivity contribution < 1.29 is 19.1 Å². The highest BCUT2D eigenvalue weighted by molar-refractivity contribution is 5.93. The van der Waals surface area contributed by atoms with E-state index in [2.05, 4.69) is 0 Å². The second-order valence-electron chi connectivity index (χ2n) is 5.18. The van der Waals surface area contributed by atoms with E-state index in [1.54, 1.807) is 50.2 Å². The second-order valence-corrected chi connectivity index (χ2v) is 5.18. The number of rotatable bonds is 4. The van der Waals surface area contributed by atoms with E-state index in [0.717, 1.165) is 5.56 Å². The fourth-order valence-corrected chi connectivity index (χ4v) is 1.91. The van der Waals surface area contributed by atoms with Crippen LogP contribution in [0.3, 0.4) is 0 Å². The first-order valence-electron chi connectivity index (χ1n) is 7.06. The zero-order chi connectivity index (χ0) is 16.1. The molecule has 0 saturated carbocycles. The summed E-state index contributed by atoms with van der Waals surface area (Å²) >= 11 is 0. The van der Waals surface area contributed by atoms with E-state index in [0.29, 0.717) is 16.9 Å². The normalized spacial score (nSPS) is 10.4. The molecule has 2 aromatic carbocycles. The molecule has 0 heterocycles. The highest BCUT2D eigenvalue weighted by Crippen LogP contribution is 2.16. The molecule has 0 fully saturated rings. The lowest BCUT2D eigenvalue weighted by Crippen LogP contribution is -2.12. The van der Waals surface area contributed by atoms with Crippen LogP contribution in [0.25, 0.3) is 0 Å². The minimum absolute atomic E-state index is 0.175. The molecule has 0 saturated heterocycles. The molecule has 0 bridgehead atoms. The largest absolute Gasteiger partial charge is 0.459 e. The molecule has 0 aliphatic rings. The maximum atomic E-state index is 12.1. The number of hydrogen-bond acceptors (Lipinski definition) is 4. The molecule has 0 unspecified atom stereocenters. The van der Waals surface area contributed by atoms with Crippen molar-refractivity contribution in [3.63, 3.8) is 0 Å². The smallest absolute Gasteiger partial charge is 0.343 e. The number of aryl methyl sites for hydroxylation is 1. The van der Waals surface area contributed by atoms with E-state index in [4.69, 9.17) is 9.47 Å². The number of hydrogen-bond donors (Lipinski definition) is 0. The summed E-state index contributed by atoms with van der Waals surface area (Å²) in [6.07, 6.45) is -0.175. The summed E-state index contributed by atoms with van der Waals surface area (Å²) in [6.45, 7) is 5.42. The van der Waals surface area contributed by atoms with Gasteiger partial charge in [-0.15, -0.1) is 0 Å². The molecule has 114 valence electrons. The number of ether oxygens (including phenoxy) is 2. The van der Waals surface area contributed by atoms with Gasteiger partial charge in [-0.25, -0.2) is 9.59 Å². The van der Waals surface area contributed by atoms with Crippen LogP contribution in [-0.2, 0) is 4.74 Å². The van der Waals surface area contributed by atoms with Crippen LogP contribution in [0.4, 0.5) is 0 Å². The maximum Gasteiger partial charge on any atom is 0.343 e. The zero-order valence-corrected chi connectivity index (χ0v) is 12.8.